The van der Waals surface area contributed by atoms with E-state index in [4.69, 9.17) is 5.73 Å². The van der Waals surface area contributed by atoms with Crippen molar-refractivity contribution < 1.29 is 0 Å². The van der Waals surface area contributed by atoms with Crippen LogP contribution < -0.4 is 22.3 Å². The SMILES string of the molecule is CCc1cccc(C)c1Nc1nc(-c2c(N)n(C)c(=O)n(C)c2=O)cs1. The zero-order chi connectivity index (χ0) is 19.0. The number of anilines is 3. The van der Waals surface area contributed by atoms with Crippen LogP contribution in [0.1, 0.15) is 18.1 Å². The highest BCUT2D eigenvalue weighted by molar-refractivity contribution is 7.14. The Morgan fingerprint density at radius 1 is 1.23 bits per heavy atom. The Balaban J connectivity index is 2.06. The summed E-state index contributed by atoms with van der Waals surface area (Å²) in [6.07, 6.45) is 0.899. The molecule has 1 aromatic carbocycles. The van der Waals surface area contributed by atoms with E-state index in [1.807, 2.05) is 19.1 Å². The number of nitrogens with zero attached hydrogens (tertiary/aromatic N) is 3. The van der Waals surface area contributed by atoms with E-state index in [1.165, 1.54) is 35.6 Å². The maximum atomic E-state index is 12.5. The Labute approximate surface area is 154 Å². The molecule has 7 nitrogen and oxygen atoms in total. The van der Waals surface area contributed by atoms with Crippen LogP contribution in [0.4, 0.5) is 16.6 Å². The number of hydrogen-bond donors (Lipinski definition) is 2. The van der Waals surface area contributed by atoms with Gasteiger partial charge in [-0.15, -0.1) is 11.3 Å². The molecule has 0 aliphatic heterocycles. The largest absolute Gasteiger partial charge is 0.384 e. The normalized spacial score (nSPS) is 10.9. The first-order valence-electron chi connectivity index (χ1n) is 8.22. The standard InChI is InChI=1S/C18H21N5O2S/c1-5-11-8-6-7-10(2)14(11)21-17-20-12(9-26-17)13-15(19)22(3)18(25)23(4)16(13)24/h6-9H,5,19H2,1-4H3,(H,20,21). The lowest BCUT2D eigenvalue weighted by Gasteiger charge is -2.12. The van der Waals surface area contributed by atoms with Crippen LogP contribution in [0.25, 0.3) is 11.3 Å². The molecule has 0 unspecified atom stereocenters. The number of para-hydroxylation sites is 1. The zero-order valence-corrected chi connectivity index (χ0v) is 16.0. The zero-order valence-electron chi connectivity index (χ0n) is 15.2. The quantitative estimate of drug-likeness (QED) is 0.734. The molecule has 0 atom stereocenters. The number of nitrogen functional groups attached to an aromatic ring is 1. The van der Waals surface area contributed by atoms with Crippen LogP contribution in [0.15, 0.2) is 33.2 Å². The molecular formula is C18H21N5O2S. The van der Waals surface area contributed by atoms with Crippen LogP contribution >= 0.6 is 11.3 Å². The van der Waals surface area contributed by atoms with E-state index < -0.39 is 11.2 Å². The average Bonchev–Trinajstić information content (AvgIpc) is 3.08. The summed E-state index contributed by atoms with van der Waals surface area (Å²) >= 11 is 1.39. The molecule has 0 aliphatic rings. The van der Waals surface area contributed by atoms with Gasteiger partial charge in [-0.05, 0) is 24.5 Å². The third-order valence-corrected chi connectivity index (χ3v) is 5.20. The van der Waals surface area contributed by atoms with Gasteiger partial charge in [0.2, 0.25) is 0 Å². The molecular weight excluding hydrogens is 350 g/mol. The van der Waals surface area contributed by atoms with Crippen molar-refractivity contribution in [3.05, 3.63) is 55.5 Å². The summed E-state index contributed by atoms with van der Waals surface area (Å²) in [5.41, 5.74) is 9.13. The van der Waals surface area contributed by atoms with E-state index in [0.717, 1.165) is 22.2 Å². The number of thiazole rings is 1. The van der Waals surface area contributed by atoms with Crippen molar-refractivity contribution in [2.75, 3.05) is 11.1 Å². The molecule has 0 fully saturated rings. The third-order valence-electron chi connectivity index (χ3n) is 4.44. The molecule has 3 aromatic rings. The van der Waals surface area contributed by atoms with E-state index >= 15 is 0 Å². The van der Waals surface area contributed by atoms with Gasteiger partial charge in [0.05, 0.1) is 5.69 Å². The first-order chi connectivity index (χ1) is 12.3. The predicted molar refractivity (Wildman–Crippen MR) is 106 cm³/mol. The summed E-state index contributed by atoms with van der Waals surface area (Å²) in [6.45, 7) is 4.14. The minimum Gasteiger partial charge on any atom is -0.384 e. The van der Waals surface area contributed by atoms with E-state index in [-0.39, 0.29) is 11.4 Å². The van der Waals surface area contributed by atoms with Crippen LogP contribution in [0.5, 0.6) is 0 Å². The van der Waals surface area contributed by atoms with Crippen LogP contribution in [-0.2, 0) is 20.5 Å². The van der Waals surface area contributed by atoms with E-state index in [9.17, 15) is 9.59 Å². The van der Waals surface area contributed by atoms with Crippen molar-refractivity contribution in [2.45, 2.75) is 20.3 Å². The molecule has 0 spiro atoms. The second-order valence-corrected chi connectivity index (χ2v) is 6.95. The van der Waals surface area contributed by atoms with Gasteiger partial charge in [-0.3, -0.25) is 13.9 Å². The molecule has 136 valence electrons. The first-order valence-corrected chi connectivity index (χ1v) is 9.10. The number of hydrogen-bond acceptors (Lipinski definition) is 6. The fraction of sp³-hybridized carbons (Fsp3) is 0.278. The molecule has 0 amide bonds. The molecule has 8 heteroatoms. The molecule has 2 aromatic heterocycles. The van der Waals surface area contributed by atoms with Gasteiger partial charge in [0, 0.05) is 25.2 Å². The smallest absolute Gasteiger partial charge is 0.332 e. The summed E-state index contributed by atoms with van der Waals surface area (Å²) in [7, 11) is 2.97. The van der Waals surface area contributed by atoms with Crippen molar-refractivity contribution >= 4 is 28.0 Å². The number of rotatable bonds is 4. The lowest BCUT2D eigenvalue weighted by Crippen LogP contribution is -2.39. The fourth-order valence-corrected chi connectivity index (χ4v) is 3.56. The minimum atomic E-state index is -0.461. The van der Waals surface area contributed by atoms with Crippen molar-refractivity contribution in [3.8, 4) is 11.3 Å². The fourth-order valence-electron chi connectivity index (χ4n) is 2.86. The summed E-state index contributed by atoms with van der Waals surface area (Å²) in [4.78, 5) is 29.0. The lowest BCUT2D eigenvalue weighted by molar-refractivity contribution is 0.696. The number of nitrogens with one attached hydrogen (secondary N) is 1. The topological polar surface area (TPSA) is 94.9 Å². The summed E-state index contributed by atoms with van der Waals surface area (Å²) in [5, 5.41) is 5.78. The number of benzene rings is 1. The van der Waals surface area contributed by atoms with Gasteiger partial charge in [0.1, 0.15) is 11.4 Å². The Bertz CT molecular complexity index is 1090. The van der Waals surface area contributed by atoms with Crippen LogP contribution in [0, 0.1) is 6.92 Å². The Hall–Kier alpha value is -2.87. The number of aryl methyl sites for hydroxylation is 2. The van der Waals surface area contributed by atoms with E-state index in [0.29, 0.717) is 10.8 Å². The van der Waals surface area contributed by atoms with Crippen LogP contribution in [0.2, 0.25) is 0 Å². The Morgan fingerprint density at radius 3 is 2.65 bits per heavy atom. The summed E-state index contributed by atoms with van der Waals surface area (Å²) in [6, 6.07) is 6.14. The van der Waals surface area contributed by atoms with Gasteiger partial charge in [0.25, 0.3) is 5.56 Å². The Morgan fingerprint density at radius 2 is 1.96 bits per heavy atom. The monoisotopic (exact) mass is 371 g/mol. The molecule has 0 saturated heterocycles. The molecule has 3 N–H and O–H groups in total. The van der Waals surface area contributed by atoms with Gasteiger partial charge in [0.15, 0.2) is 5.13 Å². The molecule has 26 heavy (non-hydrogen) atoms. The first kappa shape index (κ1) is 17.9. The highest BCUT2D eigenvalue weighted by atomic mass is 32.1. The van der Waals surface area contributed by atoms with Crippen LogP contribution in [0.3, 0.4) is 0 Å². The van der Waals surface area contributed by atoms with Gasteiger partial charge < -0.3 is 11.1 Å². The van der Waals surface area contributed by atoms with Crippen LogP contribution in [-0.4, -0.2) is 14.1 Å². The van der Waals surface area contributed by atoms with E-state index in [2.05, 4.69) is 23.3 Å². The molecule has 0 radical (unpaired) electrons. The lowest BCUT2D eigenvalue weighted by atomic mass is 10.1. The van der Waals surface area contributed by atoms with Crippen molar-refractivity contribution in [1.82, 2.24) is 14.1 Å². The minimum absolute atomic E-state index is 0.111. The number of aromatic nitrogens is 3. The van der Waals surface area contributed by atoms with Gasteiger partial charge in [-0.2, -0.15) is 0 Å². The molecule has 0 aliphatic carbocycles. The van der Waals surface area contributed by atoms with E-state index in [1.54, 1.807) is 5.38 Å². The van der Waals surface area contributed by atoms with Crippen molar-refractivity contribution in [2.24, 2.45) is 14.1 Å². The maximum Gasteiger partial charge on any atom is 0.332 e. The third kappa shape index (κ3) is 2.92. The van der Waals surface area contributed by atoms with Gasteiger partial charge in [-0.1, -0.05) is 25.1 Å². The maximum absolute atomic E-state index is 12.5. The number of nitrogens with two attached hydrogens (primary N) is 1. The highest BCUT2D eigenvalue weighted by Crippen LogP contribution is 2.30. The molecule has 0 bridgehead atoms. The average molecular weight is 371 g/mol. The molecule has 0 saturated carbocycles. The summed E-state index contributed by atoms with van der Waals surface area (Å²) in [5.74, 6) is 0.111. The van der Waals surface area contributed by atoms with Gasteiger partial charge >= 0.3 is 5.69 Å². The molecule has 3 rings (SSSR count). The summed E-state index contributed by atoms with van der Waals surface area (Å²) < 4.78 is 2.29. The highest BCUT2D eigenvalue weighted by Gasteiger charge is 2.18. The van der Waals surface area contributed by atoms with Gasteiger partial charge in [-0.25, -0.2) is 9.78 Å². The predicted octanol–water partition coefficient (Wildman–Crippen LogP) is 2.40. The Kier molecular flexibility index (Phi) is 4.69. The second kappa shape index (κ2) is 6.80. The van der Waals surface area contributed by atoms with Crippen molar-refractivity contribution in [1.29, 1.82) is 0 Å². The molecule has 2 heterocycles. The van der Waals surface area contributed by atoms with Crippen molar-refractivity contribution in [3.63, 3.8) is 0 Å². The second-order valence-electron chi connectivity index (χ2n) is 6.09.